The van der Waals surface area contributed by atoms with Crippen molar-refractivity contribution in [2.24, 2.45) is 5.92 Å². The summed E-state index contributed by atoms with van der Waals surface area (Å²) >= 11 is 0. The Bertz CT molecular complexity index is 857. The second kappa shape index (κ2) is 8.46. The van der Waals surface area contributed by atoms with Crippen LogP contribution in [0.15, 0.2) is 28.8 Å². The third-order valence-electron chi connectivity index (χ3n) is 5.09. The molecule has 1 aromatic heterocycles. The zero-order valence-electron chi connectivity index (χ0n) is 16.7. The first-order valence-corrected chi connectivity index (χ1v) is 9.55. The van der Waals surface area contributed by atoms with E-state index in [1.165, 1.54) is 0 Å². The van der Waals surface area contributed by atoms with Crippen LogP contribution in [-0.4, -0.2) is 30.1 Å². The van der Waals surface area contributed by atoms with Gasteiger partial charge in [0.1, 0.15) is 17.6 Å². The fourth-order valence-corrected chi connectivity index (χ4v) is 3.41. The smallest absolute Gasteiger partial charge is 0.247 e. The number of nitrogens with zero attached hydrogens (tertiary/aromatic N) is 1. The van der Waals surface area contributed by atoms with Crippen molar-refractivity contribution in [3.05, 3.63) is 41.2 Å². The lowest BCUT2D eigenvalue weighted by molar-refractivity contribution is -0.126. The predicted molar refractivity (Wildman–Crippen MR) is 105 cm³/mol. The monoisotopic (exact) mass is 385 g/mol. The summed E-state index contributed by atoms with van der Waals surface area (Å²) in [6, 6.07) is 7.04. The van der Waals surface area contributed by atoms with Crippen LogP contribution in [0.3, 0.4) is 0 Å². The minimum absolute atomic E-state index is 0.135. The molecule has 7 heteroatoms. The Hall–Kier alpha value is -2.83. The summed E-state index contributed by atoms with van der Waals surface area (Å²) in [6.07, 6.45) is 2.62. The van der Waals surface area contributed by atoms with Crippen molar-refractivity contribution in [2.45, 2.75) is 52.0 Å². The maximum atomic E-state index is 12.6. The molecule has 2 atom stereocenters. The summed E-state index contributed by atoms with van der Waals surface area (Å²) in [5, 5.41) is 9.16. The van der Waals surface area contributed by atoms with Gasteiger partial charge in [-0.1, -0.05) is 17.3 Å². The normalized spacial score (nSPS) is 15.6. The highest BCUT2D eigenvalue weighted by molar-refractivity contribution is 5.96. The van der Waals surface area contributed by atoms with E-state index >= 15 is 0 Å². The Morgan fingerprint density at radius 1 is 1.29 bits per heavy atom. The second-order valence-corrected chi connectivity index (χ2v) is 7.48. The fraction of sp³-hybridized carbons (Fsp3) is 0.476. The summed E-state index contributed by atoms with van der Waals surface area (Å²) in [5.74, 6) is 1.99. The Labute approximate surface area is 164 Å². The van der Waals surface area contributed by atoms with Crippen LogP contribution in [0.2, 0.25) is 0 Å². The van der Waals surface area contributed by atoms with E-state index in [0.717, 1.165) is 29.7 Å². The summed E-state index contributed by atoms with van der Waals surface area (Å²) in [7, 11) is 1.65. The molecule has 3 rings (SSSR count). The molecule has 1 fully saturated rings. The van der Waals surface area contributed by atoms with Gasteiger partial charge >= 0.3 is 0 Å². The van der Waals surface area contributed by atoms with Crippen molar-refractivity contribution in [2.75, 3.05) is 12.4 Å². The lowest BCUT2D eigenvalue weighted by atomic mass is 9.89. The molecule has 2 aromatic rings. The van der Waals surface area contributed by atoms with Crippen LogP contribution in [0.5, 0.6) is 5.75 Å². The third kappa shape index (κ3) is 4.91. The van der Waals surface area contributed by atoms with E-state index in [0.29, 0.717) is 23.9 Å². The number of methoxy groups -OCH3 is 1. The first-order valence-electron chi connectivity index (χ1n) is 9.55. The predicted octanol–water partition coefficient (Wildman–Crippen LogP) is 3.33. The van der Waals surface area contributed by atoms with Crippen molar-refractivity contribution in [3.8, 4) is 5.75 Å². The molecular formula is C21H27N3O4. The summed E-state index contributed by atoms with van der Waals surface area (Å²) in [4.78, 5) is 24.8. The third-order valence-corrected chi connectivity index (χ3v) is 5.09. The number of hydrogen-bond acceptors (Lipinski definition) is 5. The van der Waals surface area contributed by atoms with Crippen LogP contribution in [0.1, 0.15) is 49.0 Å². The average molecular weight is 385 g/mol. The fourth-order valence-electron chi connectivity index (χ4n) is 3.41. The zero-order chi connectivity index (χ0) is 20.3. The molecule has 0 saturated heterocycles. The van der Waals surface area contributed by atoms with Gasteiger partial charge in [-0.25, -0.2) is 0 Å². The molecule has 1 unspecified atom stereocenters. The van der Waals surface area contributed by atoms with E-state index in [1.54, 1.807) is 27.0 Å². The number of ether oxygens (including phenoxy) is 1. The molecule has 150 valence electrons. The van der Waals surface area contributed by atoms with Gasteiger partial charge in [-0.05, 0) is 62.6 Å². The highest BCUT2D eigenvalue weighted by atomic mass is 16.5. The lowest BCUT2D eigenvalue weighted by Crippen LogP contribution is -2.42. The standard InChI is InChI=1S/C21H27N3O4/c1-12-9-16(7-8-18(12)27-4)17(15-5-6-15)11-20(25)22-14(3)21(26)23-19-10-13(2)28-24-19/h7-10,14-15,17H,5-6,11H2,1-4H3,(H,22,25)(H,23,24,26)/t14-,17?/m1/s1. The average Bonchev–Trinajstić information content (AvgIpc) is 3.41. The molecule has 1 aliphatic carbocycles. The number of aryl methyl sites for hydroxylation is 2. The number of carbonyl (C=O) groups excluding carboxylic acids is 2. The largest absolute Gasteiger partial charge is 0.496 e. The van der Waals surface area contributed by atoms with Gasteiger partial charge in [0.25, 0.3) is 0 Å². The molecule has 2 N–H and O–H groups in total. The van der Waals surface area contributed by atoms with Gasteiger partial charge in [-0.2, -0.15) is 0 Å². The van der Waals surface area contributed by atoms with Crippen LogP contribution in [-0.2, 0) is 9.59 Å². The Morgan fingerprint density at radius 3 is 2.61 bits per heavy atom. The van der Waals surface area contributed by atoms with Crippen LogP contribution < -0.4 is 15.4 Å². The molecular weight excluding hydrogens is 358 g/mol. The SMILES string of the molecule is COc1ccc(C(CC(=O)N[C@H](C)C(=O)Nc2cc(C)on2)C2CC2)cc1C. The molecule has 1 aliphatic rings. The maximum absolute atomic E-state index is 12.6. The van der Waals surface area contributed by atoms with Gasteiger partial charge in [0, 0.05) is 12.5 Å². The quantitative estimate of drug-likeness (QED) is 0.727. The number of nitrogens with one attached hydrogen (secondary N) is 2. The van der Waals surface area contributed by atoms with Gasteiger partial charge < -0.3 is 19.9 Å². The van der Waals surface area contributed by atoms with Crippen LogP contribution in [0, 0.1) is 19.8 Å². The zero-order valence-corrected chi connectivity index (χ0v) is 16.7. The molecule has 0 bridgehead atoms. The van der Waals surface area contributed by atoms with Gasteiger partial charge in [0.2, 0.25) is 11.8 Å². The summed E-state index contributed by atoms with van der Waals surface area (Å²) in [6.45, 7) is 5.40. The van der Waals surface area contributed by atoms with Crippen molar-refractivity contribution in [1.82, 2.24) is 10.5 Å². The van der Waals surface area contributed by atoms with Gasteiger partial charge in [-0.3, -0.25) is 9.59 Å². The molecule has 1 heterocycles. The molecule has 0 spiro atoms. The van der Waals surface area contributed by atoms with Gasteiger partial charge in [0.05, 0.1) is 7.11 Å². The Kier molecular flexibility index (Phi) is 6.02. The minimum atomic E-state index is -0.665. The van der Waals surface area contributed by atoms with Gasteiger partial charge in [-0.15, -0.1) is 0 Å². The summed E-state index contributed by atoms with van der Waals surface area (Å²) in [5.41, 5.74) is 2.20. The second-order valence-electron chi connectivity index (χ2n) is 7.48. The van der Waals surface area contributed by atoms with Crippen LogP contribution in [0.25, 0.3) is 0 Å². The molecule has 0 aliphatic heterocycles. The first kappa shape index (κ1) is 19.9. The van der Waals surface area contributed by atoms with E-state index in [-0.39, 0.29) is 17.7 Å². The minimum Gasteiger partial charge on any atom is -0.496 e. The van der Waals surface area contributed by atoms with Crippen molar-refractivity contribution in [3.63, 3.8) is 0 Å². The topological polar surface area (TPSA) is 93.5 Å². The Morgan fingerprint density at radius 2 is 2.04 bits per heavy atom. The Balaban J connectivity index is 1.59. The number of hydrogen-bond donors (Lipinski definition) is 2. The van der Waals surface area contributed by atoms with E-state index in [4.69, 9.17) is 9.26 Å². The first-order chi connectivity index (χ1) is 13.4. The molecule has 2 amide bonds. The van der Waals surface area contributed by atoms with E-state index in [1.807, 2.05) is 19.1 Å². The molecule has 7 nitrogen and oxygen atoms in total. The summed E-state index contributed by atoms with van der Waals surface area (Å²) < 4.78 is 10.3. The van der Waals surface area contributed by atoms with Crippen molar-refractivity contribution in [1.29, 1.82) is 0 Å². The number of amides is 2. The number of carbonyl (C=O) groups is 2. The van der Waals surface area contributed by atoms with Crippen molar-refractivity contribution >= 4 is 17.6 Å². The molecule has 1 saturated carbocycles. The number of benzene rings is 1. The highest BCUT2D eigenvalue weighted by Gasteiger charge is 2.34. The van der Waals surface area contributed by atoms with Crippen LogP contribution >= 0.6 is 0 Å². The van der Waals surface area contributed by atoms with Crippen LogP contribution in [0.4, 0.5) is 5.82 Å². The van der Waals surface area contributed by atoms with E-state index in [9.17, 15) is 9.59 Å². The van der Waals surface area contributed by atoms with Gasteiger partial charge in [0.15, 0.2) is 5.82 Å². The van der Waals surface area contributed by atoms with E-state index < -0.39 is 6.04 Å². The maximum Gasteiger partial charge on any atom is 0.247 e. The number of aromatic nitrogens is 1. The molecule has 1 aromatic carbocycles. The molecule has 0 radical (unpaired) electrons. The lowest BCUT2D eigenvalue weighted by Gasteiger charge is -2.19. The van der Waals surface area contributed by atoms with Crippen molar-refractivity contribution < 1.29 is 18.8 Å². The number of anilines is 1. The number of rotatable bonds is 8. The molecule has 28 heavy (non-hydrogen) atoms. The van der Waals surface area contributed by atoms with E-state index in [2.05, 4.69) is 21.9 Å². The highest BCUT2D eigenvalue weighted by Crippen LogP contribution is 2.45.